The highest BCUT2D eigenvalue weighted by Gasteiger charge is 2.57. The van der Waals surface area contributed by atoms with Crippen molar-refractivity contribution in [3.05, 3.63) is 33.4 Å². The van der Waals surface area contributed by atoms with Gasteiger partial charge in [-0.05, 0) is 66.0 Å². The summed E-state index contributed by atoms with van der Waals surface area (Å²) in [6, 6.07) is 8.11. The zero-order chi connectivity index (χ0) is 12.8. The summed E-state index contributed by atoms with van der Waals surface area (Å²) >= 11 is 2.26. The first-order valence-electron chi connectivity index (χ1n) is 6.23. The Balaban J connectivity index is 1.88. The topological polar surface area (TPSA) is 46.5 Å². The highest BCUT2D eigenvalue weighted by Crippen LogP contribution is 2.49. The van der Waals surface area contributed by atoms with Crippen LogP contribution in [0.1, 0.15) is 24.8 Å². The molecular formula is C14H15IO3. The summed E-state index contributed by atoms with van der Waals surface area (Å²) in [6.07, 6.45) is 3.22. The number of hydrogen-bond acceptors (Lipinski definition) is 2. The molecule has 0 saturated carbocycles. The summed E-state index contributed by atoms with van der Waals surface area (Å²) in [5.74, 6) is -0.701. The lowest BCUT2D eigenvalue weighted by Crippen LogP contribution is -2.42. The normalized spacial score (nSPS) is 33.8. The Morgan fingerprint density at radius 1 is 1.39 bits per heavy atom. The minimum absolute atomic E-state index is 0.0979. The number of rotatable bonds is 3. The Bertz CT molecular complexity index is 470. The van der Waals surface area contributed by atoms with Crippen LogP contribution in [0.4, 0.5) is 0 Å². The molecule has 1 N–H and O–H groups in total. The van der Waals surface area contributed by atoms with Crippen molar-refractivity contribution in [2.75, 3.05) is 0 Å². The average molecular weight is 358 g/mol. The van der Waals surface area contributed by atoms with Gasteiger partial charge in [-0.2, -0.15) is 0 Å². The fraction of sp³-hybridized carbons (Fsp3) is 0.500. The van der Waals surface area contributed by atoms with Crippen LogP contribution in [0.2, 0.25) is 0 Å². The van der Waals surface area contributed by atoms with Crippen molar-refractivity contribution < 1.29 is 14.6 Å². The molecule has 96 valence electrons. The van der Waals surface area contributed by atoms with Crippen LogP contribution < -0.4 is 0 Å². The lowest BCUT2D eigenvalue weighted by atomic mass is 9.70. The van der Waals surface area contributed by atoms with E-state index >= 15 is 0 Å². The highest BCUT2D eigenvalue weighted by atomic mass is 127. The van der Waals surface area contributed by atoms with Crippen LogP contribution in [0.25, 0.3) is 0 Å². The lowest BCUT2D eigenvalue weighted by molar-refractivity contribution is -0.152. The molecule has 0 amide bonds. The first-order valence-corrected chi connectivity index (χ1v) is 7.31. The summed E-state index contributed by atoms with van der Waals surface area (Å²) < 4.78 is 6.93. The van der Waals surface area contributed by atoms with Crippen molar-refractivity contribution in [1.82, 2.24) is 0 Å². The van der Waals surface area contributed by atoms with Crippen LogP contribution in [0.5, 0.6) is 0 Å². The van der Waals surface area contributed by atoms with Crippen molar-refractivity contribution in [2.24, 2.45) is 5.41 Å². The molecule has 3 rings (SSSR count). The van der Waals surface area contributed by atoms with Crippen LogP contribution >= 0.6 is 22.6 Å². The van der Waals surface area contributed by atoms with Crippen LogP contribution in [-0.4, -0.2) is 23.3 Å². The second-order valence-corrected chi connectivity index (χ2v) is 6.54. The molecule has 0 aliphatic carbocycles. The molecule has 0 spiro atoms. The SMILES string of the molecule is O=C(O)C1(Cc2ccc(I)cc2)CC2CCC1O2. The van der Waals surface area contributed by atoms with Gasteiger partial charge in [0.05, 0.1) is 12.2 Å². The molecule has 0 radical (unpaired) electrons. The molecule has 2 aliphatic rings. The number of benzene rings is 1. The Labute approximate surface area is 120 Å². The standard InChI is InChI=1S/C14H15IO3/c15-10-3-1-9(2-4-10)7-14(13(16)17)8-11-5-6-12(14)18-11/h1-4,11-12H,5-8H2,(H,16,17). The molecule has 2 bridgehead atoms. The first kappa shape index (κ1) is 12.4. The third-order valence-electron chi connectivity index (χ3n) is 4.17. The number of carboxylic acid groups (broad SMARTS) is 1. The summed E-state index contributed by atoms with van der Waals surface area (Å²) in [7, 11) is 0. The number of ether oxygens (including phenoxy) is 1. The molecule has 0 aromatic heterocycles. The van der Waals surface area contributed by atoms with Crippen LogP contribution in [-0.2, 0) is 16.0 Å². The van der Waals surface area contributed by atoms with E-state index in [1.165, 1.54) is 3.57 Å². The Hall–Kier alpha value is -0.620. The maximum absolute atomic E-state index is 11.7. The highest BCUT2D eigenvalue weighted by molar-refractivity contribution is 14.1. The Morgan fingerprint density at radius 3 is 2.61 bits per heavy atom. The van der Waals surface area contributed by atoms with E-state index in [1.54, 1.807) is 0 Å². The van der Waals surface area contributed by atoms with Gasteiger partial charge in [0.15, 0.2) is 0 Å². The fourth-order valence-corrected chi connectivity index (χ4v) is 3.61. The van der Waals surface area contributed by atoms with Crippen LogP contribution in [0, 0.1) is 8.99 Å². The van der Waals surface area contributed by atoms with Crippen molar-refractivity contribution >= 4 is 28.6 Å². The van der Waals surface area contributed by atoms with Gasteiger partial charge in [0.2, 0.25) is 0 Å². The molecule has 3 unspecified atom stereocenters. The number of carboxylic acids is 1. The van der Waals surface area contributed by atoms with Crippen molar-refractivity contribution in [1.29, 1.82) is 0 Å². The maximum atomic E-state index is 11.7. The molecule has 18 heavy (non-hydrogen) atoms. The van der Waals surface area contributed by atoms with E-state index < -0.39 is 11.4 Å². The second kappa shape index (κ2) is 4.49. The van der Waals surface area contributed by atoms with E-state index in [1.807, 2.05) is 24.3 Å². The molecule has 4 heteroatoms. The largest absolute Gasteiger partial charge is 0.481 e. The van der Waals surface area contributed by atoms with Gasteiger partial charge in [-0.25, -0.2) is 0 Å². The quantitative estimate of drug-likeness (QED) is 0.846. The molecule has 1 aromatic rings. The lowest BCUT2D eigenvalue weighted by Gasteiger charge is -2.31. The predicted octanol–water partition coefficient (Wildman–Crippen LogP) is 2.86. The molecule has 2 heterocycles. The summed E-state index contributed by atoms with van der Waals surface area (Å²) in [4.78, 5) is 11.7. The molecule has 2 fully saturated rings. The van der Waals surface area contributed by atoms with Crippen LogP contribution in [0.15, 0.2) is 24.3 Å². The Morgan fingerprint density at radius 2 is 2.11 bits per heavy atom. The minimum atomic E-state index is -0.701. The molecule has 3 atom stereocenters. The average Bonchev–Trinajstić information content (AvgIpc) is 2.93. The van der Waals surface area contributed by atoms with Gasteiger partial charge in [-0.3, -0.25) is 4.79 Å². The number of halogens is 1. The minimum Gasteiger partial charge on any atom is -0.481 e. The molecule has 2 saturated heterocycles. The first-order chi connectivity index (χ1) is 8.60. The molecule has 1 aromatic carbocycles. The van der Waals surface area contributed by atoms with E-state index in [4.69, 9.17) is 4.74 Å². The van der Waals surface area contributed by atoms with Gasteiger partial charge in [0.1, 0.15) is 5.41 Å². The van der Waals surface area contributed by atoms with Crippen molar-refractivity contribution in [3.8, 4) is 0 Å². The van der Waals surface area contributed by atoms with E-state index in [0.717, 1.165) is 18.4 Å². The van der Waals surface area contributed by atoms with Gasteiger partial charge >= 0.3 is 5.97 Å². The zero-order valence-electron chi connectivity index (χ0n) is 9.93. The van der Waals surface area contributed by atoms with Gasteiger partial charge in [0, 0.05) is 3.57 Å². The Kier molecular flexibility index (Phi) is 3.10. The third-order valence-corrected chi connectivity index (χ3v) is 4.89. The molecule has 3 nitrogen and oxygen atoms in total. The monoisotopic (exact) mass is 358 g/mol. The van der Waals surface area contributed by atoms with Gasteiger partial charge in [-0.1, -0.05) is 12.1 Å². The van der Waals surface area contributed by atoms with E-state index in [2.05, 4.69) is 22.6 Å². The van der Waals surface area contributed by atoms with Crippen molar-refractivity contribution in [2.45, 2.75) is 37.9 Å². The smallest absolute Gasteiger partial charge is 0.312 e. The summed E-state index contributed by atoms with van der Waals surface area (Å²) in [5, 5.41) is 9.62. The number of hydrogen-bond donors (Lipinski definition) is 1. The van der Waals surface area contributed by atoms with Crippen LogP contribution in [0.3, 0.4) is 0 Å². The number of aliphatic carboxylic acids is 1. The molecule has 2 aliphatic heterocycles. The van der Waals surface area contributed by atoms with E-state index in [0.29, 0.717) is 12.8 Å². The molecular weight excluding hydrogens is 343 g/mol. The van der Waals surface area contributed by atoms with E-state index in [9.17, 15) is 9.90 Å². The zero-order valence-corrected chi connectivity index (χ0v) is 12.1. The summed E-state index contributed by atoms with van der Waals surface area (Å²) in [6.45, 7) is 0. The second-order valence-electron chi connectivity index (χ2n) is 5.29. The third kappa shape index (κ3) is 1.95. The van der Waals surface area contributed by atoms with Gasteiger partial charge in [-0.15, -0.1) is 0 Å². The van der Waals surface area contributed by atoms with Crippen molar-refractivity contribution in [3.63, 3.8) is 0 Å². The maximum Gasteiger partial charge on any atom is 0.312 e. The number of fused-ring (bicyclic) bond motifs is 2. The van der Waals surface area contributed by atoms with Gasteiger partial charge in [0.25, 0.3) is 0 Å². The summed E-state index contributed by atoms with van der Waals surface area (Å²) in [5.41, 5.74) is 0.393. The van der Waals surface area contributed by atoms with Gasteiger partial charge < -0.3 is 9.84 Å². The fourth-order valence-electron chi connectivity index (χ4n) is 3.25. The van der Waals surface area contributed by atoms with E-state index in [-0.39, 0.29) is 12.2 Å². The predicted molar refractivity (Wildman–Crippen MR) is 75.4 cm³/mol. The number of carbonyl (C=O) groups is 1.